The SMILES string of the molecule is CC(C)(C)[Si](C)(C)OCc1cccc2sc3ccccc3c12. The molecule has 0 aliphatic rings. The van der Waals surface area contributed by atoms with Crippen LogP contribution < -0.4 is 0 Å². The second-order valence-corrected chi connectivity index (χ2v) is 13.3. The van der Waals surface area contributed by atoms with Crippen molar-refractivity contribution in [3.63, 3.8) is 0 Å². The number of hydrogen-bond donors (Lipinski definition) is 0. The van der Waals surface area contributed by atoms with Gasteiger partial charge in [0.05, 0.1) is 6.61 Å². The van der Waals surface area contributed by atoms with Crippen LogP contribution in [0.15, 0.2) is 42.5 Å². The summed E-state index contributed by atoms with van der Waals surface area (Å²) in [5, 5.41) is 2.98. The molecule has 1 nitrogen and oxygen atoms in total. The van der Waals surface area contributed by atoms with Gasteiger partial charge in [-0.25, -0.2) is 0 Å². The molecule has 0 atom stereocenters. The fourth-order valence-corrected chi connectivity index (χ4v) is 4.55. The van der Waals surface area contributed by atoms with E-state index in [1.807, 2.05) is 11.3 Å². The summed E-state index contributed by atoms with van der Waals surface area (Å²) in [5.41, 5.74) is 1.32. The number of rotatable bonds is 3. The zero-order chi connectivity index (χ0) is 16.0. The maximum atomic E-state index is 6.45. The summed E-state index contributed by atoms with van der Waals surface area (Å²) in [6.45, 7) is 12.2. The van der Waals surface area contributed by atoms with Crippen LogP contribution in [-0.2, 0) is 11.0 Å². The highest BCUT2D eigenvalue weighted by atomic mass is 32.1. The molecule has 1 aromatic heterocycles. The number of fused-ring (bicyclic) bond motifs is 3. The third-order valence-corrected chi connectivity index (χ3v) is 10.5. The van der Waals surface area contributed by atoms with Crippen LogP contribution in [0, 0.1) is 0 Å². The van der Waals surface area contributed by atoms with Crippen LogP contribution in [0.2, 0.25) is 18.1 Å². The van der Waals surface area contributed by atoms with Gasteiger partial charge in [-0.15, -0.1) is 11.3 Å². The lowest BCUT2D eigenvalue weighted by atomic mass is 10.1. The van der Waals surface area contributed by atoms with Gasteiger partial charge in [0.2, 0.25) is 0 Å². The topological polar surface area (TPSA) is 9.23 Å². The Balaban J connectivity index is 2.01. The van der Waals surface area contributed by atoms with Crippen LogP contribution in [0.4, 0.5) is 0 Å². The molecule has 1 heterocycles. The van der Waals surface area contributed by atoms with E-state index in [-0.39, 0.29) is 5.04 Å². The minimum absolute atomic E-state index is 0.248. The summed E-state index contributed by atoms with van der Waals surface area (Å²) in [4.78, 5) is 0. The summed E-state index contributed by atoms with van der Waals surface area (Å²) < 4.78 is 9.17. The third-order valence-electron chi connectivity index (χ3n) is 4.88. The Morgan fingerprint density at radius 1 is 0.955 bits per heavy atom. The molecule has 0 N–H and O–H groups in total. The molecule has 0 aliphatic heterocycles. The molecule has 0 radical (unpaired) electrons. The Morgan fingerprint density at radius 3 is 2.36 bits per heavy atom. The first-order valence-corrected chi connectivity index (χ1v) is 11.6. The molecule has 0 fully saturated rings. The molecular formula is C19H24OSSi. The summed E-state index contributed by atoms with van der Waals surface area (Å²) in [5.74, 6) is 0. The van der Waals surface area contributed by atoms with Crippen LogP contribution in [0.25, 0.3) is 20.2 Å². The molecule has 0 amide bonds. The smallest absolute Gasteiger partial charge is 0.192 e. The fraction of sp³-hybridized carbons (Fsp3) is 0.368. The van der Waals surface area contributed by atoms with Crippen molar-refractivity contribution in [2.24, 2.45) is 0 Å². The molecule has 3 aromatic rings. The van der Waals surface area contributed by atoms with E-state index in [9.17, 15) is 0 Å². The molecule has 0 unspecified atom stereocenters. The highest BCUT2D eigenvalue weighted by Crippen LogP contribution is 2.39. The van der Waals surface area contributed by atoms with Gasteiger partial charge in [-0.05, 0) is 35.8 Å². The van der Waals surface area contributed by atoms with Crippen LogP contribution in [-0.4, -0.2) is 8.32 Å². The highest BCUT2D eigenvalue weighted by molar-refractivity contribution is 7.25. The van der Waals surface area contributed by atoms with Gasteiger partial charge in [0.15, 0.2) is 8.32 Å². The maximum Gasteiger partial charge on any atom is 0.192 e. The molecule has 116 valence electrons. The maximum absolute atomic E-state index is 6.45. The van der Waals surface area contributed by atoms with Crippen LogP contribution in [0.1, 0.15) is 26.3 Å². The van der Waals surface area contributed by atoms with Gasteiger partial charge in [-0.1, -0.05) is 51.1 Å². The molecule has 0 bridgehead atoms. The predicted molar refractivity (Wildman–Crippen MR) is 101 cm³/mol. The molecule has 0 aliphatic carbocycles. The van der Waals surface area contributed by atoms with E-state index in [0.29, 0.717) is 6.61 Å². The van der Waals surface area contributed by atoms with Crippen molar-refractivity contribution in [2.45, 2.75) is 45.5 Å². The molecule has 3 rings (SSSR count). The van der Waals surface area contributed by atoms with Gasteiger partial charge in [0.1, 0.15) is 0 Å². The van der Waals surface area contributed by atoms with Crippen molar-refractivity contribution >= 4 is 39.8 Å². The Labute approximate surface area is 138 Å². The average molecular weight is 329 g/mol. The number of hydrogen-bond acceptors (Lipinski definition) is 2. The predicted octanol–water partition coefficient (Wildman–Crippen LogP) is 6.58. The number of thiophene rings is 1. The molecule has 0 saturated heterocycles. The van der Waals surface area contributed by atoms with Gasteiger partial charge >= 0.3 is 0 Å². The second kappa shape index (κ2) is 5.48. The summed E-state index contributed by atoms with van der Waals surface area (Å²) in [7, 11) is -1.72. The molecule has 0 saturated carbocycles. The molecule has 3 heteroatoms. The van der Waals surface area contributed by atoms with E-state index < -0.39 is 8.32 Å². The van der Waals surface area contributed by atoms with Gasteiger partial charge in [0, 0.05) is 20.2 Å². The lowest BCUT2D eigenvalue weighted by molar-refractivity contribution is 0.278. The van der Waals surface area contributed by atoms with Gasteiger partial charge in [-0.3, -0.25) is 0 Å². The van der Waals surface area contributed by atoms with E-state index in [1.165, 1.54) is 25.7 Å². The van der Waals surface area contributed by atoms with E-state index in [1.54, 1.807) is 0 Å². The molecular weight excluding hydrogens is 304 g/mol. The van der Waals surface area contributed by atoms with Gasteiger partial charge < -0.3 is 4.43 Å². The van der Waals surface area contributed by atoms with E-state index in [2.05, 4.69) is 76.3 Å². The Bertz CT molecular complexity index is 811. The Hall–Kier alpha value is -1.16. The Morgan fingerprint density at radius 2 is 1.64 bits per heavy atom. The lowest BCUT2D eigenvalue weighted by Crippen LogP contribution is -2.40. The first kappa shape index (κ1) is 15.7. The quantitative estimate of drug-likeness (QED) is 0.494. The van der Waals surface area contributed by atoms with Crippen LogP contribution >= 0.6 is 11.3 Å². The monoisotopic (exact) mass is 328 g/mol. The Kier molecular flexibility index (Phi) is 3.92. The standard InChI is InChI=1S/C19H24OSSi/c1-19(2,3)22(4,5)20-13-14-9-8-12-17-18(14)15-10-6-7-11-16(15)21-17/h6-12H,13H2,1-5H3. The highest BCUT2D eigenvalue weighted by Gasteiger charge is 2.37. The van der Waals surface area contributed by atoms with E-state index in [0.717, 1.165) is 0 Å². The normalized spacial score (nSPS) is 13.1. The van der Waals surface area contributed by atoms with Gasteiger partial charge in [-0.2, -0.15) is 0 Å². The van der Waals surface area contributed by atoms with Crippen LogP contribution in [0.5, 0.6) is 0 Å². The second-order valence-electron chi connectivity index (χ2n) is 7.44. The summed E-state index contributed by atoms with van der Waals surface area (Å²) >= 11 is 1.87. The van der Waals surface area contributed by atoms with Crippen molar-refractivity contribution in [3.05, 3.63) is 48.0 Å². The van der Waals surface area contributed by atoms with Crippen LogP contribution in [0.3, 0.4) is 0 Å². The minimum atomic E-state index is -1.72. The van der Waals surface area contributed by atoms with Gasteiger partial charge in [0.25, 0.3) is 0 Å². The average Bonchev–Trinajstić information content (AvgIpc) is 2.83. The fourth-order valence-electron chi connectivity index (χ4n) is 2.44. The summed E-state index contributed by atoms with van der Waals surface area (Å²) in [6, 6.07) is 15.3. The number of benzene rings is 2. The first-order chi connectivity index (χ1) is 10.3. The lowest BCUT2D eigenvalue weighted by Gasteiger charge is -2.36. The van der Waals surface area contributed by atoms with E-state index >= 15 is 0 Å². The minimum Gasteiger partial charge on any atom is -0.413 e. The zero-order valence-corrected chi connectivity index (χ0v) is 15.9. The molecule has 22 heavy (non-hydrogen) atoms. The molecule has 0 spiro atoms. The van der Waals surface area contributed by atoms with Crippen molar-refractivity contribution in [2.75, 3.05) is 0 Å². The zero-order valence-electron chi connectivity index (χ0n) is 14.1. The first-order valence-electron chi connectivity index (χ1n) is 7.83. The van der Waals surface area contributed by atoms with Crippen molar-refractivity contribution in [1.29, 1.82) is 0 Å². The van der Waals surface area contributed by atoms with E-state index in [4.69, 9.17) is 4.43 Å². The van der Waals surface area contributed by atoms with Crippen molar-refractivity contribution in [1.82, 2.24) is 0 Å². The van der Waals surface area contributed by atoms with Crippen molar-refractivity contribution < 1.29 is 4.43 Å². The molecule has 2 aromatic carbocycles. The van der Waals surface area contributed by atoms with Crippen molar-refractivity contribution in [3.8, 4) is 0 Å². The largest absolute Gasteiger partial charge is 0.413 e. The summed E-state index contributed by atoms with van der Waals surface area (Å²) in [6.07, 6.45) is 0. The third kappa shape index (κ3) is 2.73.